The maximum atomic E-state index is 12.4. The SMILES string of the molecule is O=C1N(OS(=O)(=O)[O-])C2CN1[C@H](C1=NC=C[NH2+]1)c1ncsc12.[Na+]. The van der Waals surface area contributed by atoms with Gasteiger partial charge in [-0.1, -0.05) is 0 Å². The van der Waals surface area contributed by atoms with Crippen LogP contribution in [0.2, 0.25) is 0 Å². The molecule has 0 aliphatic carbocycles. The van der Waals surface area contributed by atoms with Gasteiger partial charge in [0.1, 0.15) is 12.2 Å². The molecule has 10 nitrogen and oxygen atoms in total. The van der Waals surface area contributed by atoms with E-state index in [-0.39, 0.29) is 36.1 Å². The van der Waals surface area contributed by atoms with Gasteiger partial charge in [0.25, 0.3) is 0 Å². The van der Waals surface area contributed by atoms with Crippen LogP contribution < -0.4 is 34.9 Å². The molecular formula is C10H9N5NaO5S2+. The number of carbonyl (C=O) groups is 1. The number of rotatable bonds is 3. The number of aliphatic imine (C=N–C) groups is 1. The van der Waals surface area contributed by atoms with E-state index in [1.807, 2.05) is 0 Å². The van der Waals surface area contributed by atoms with Crippen LogP contribution in [0.15, 0.2) is 22.9 Å². The van der Waals surface area contributed by atoms with Crippen LogP contribution in [-0.2, 0) is 14.7 Å². The van der Waals surface area contributed by atoms with Gasteiger partial charge in [-0.25, -0.2) is 23.2 Å². The van der Waals surface area contributed by atoms with Crippen LogP contribution in [-0.4, -0.2) is 46.3 Å². The molecule has 1 aromatic rings. The Labute approximate surface area is 157 Å². The van der Waals surface area contributed by atoms with Crippen molar-refractivity contribution in [2.24, 2.45) is 4.99 Å². The molecule has 1 fully saturated rings. The maximum absolute atomic E-state index is 12.4. The summed E-state index contributed by atoms with van der Waals surface area (Å²) < 4.78 is 36.9. The van der Waals surface area contributed by atoms with Crippen LogP contribution in [0.3, 0.4) is 0 Å². The van der Waals surface area contributed by atoms with E-state index < -0.39 is 28.5 Å². The van der Waals surface area contributed by atoms with E-state index in [1.54, 1.807) is 23.2 Å². The third kappa shape index (κ3) is 2.74. The van der Waals surface area contributed by atoms with Crippen LogP contribution in [0.5, 0.6) is 0 Å². The van der Waals surface area contributed by atoms with Crippen LogP contribution >= 0.6 is 11.3 Å². The fraction of sp³-hybridized carbons (Fsp3) is 0.300. The molecule has 3 aliphatic heterocycles. The van der Waals surface area contributed by atoms with Crippen LogP contribution in [0.4, 0.5) is 4.79 Å². The van der Waals surface area contributed by atoms with Gasteiger partial charge in [-0.3, -0.25) is 5.32 Å². The molecule has 2 N–H and O–H groups in total. The predicted octanol–water partition coefficient (Wildman–Crippen LogP) is -4.18. The summed E-state index contributed by atoms with van der Waals surface area (Å²) in [7, 11) is -5.04. The Morgan fingerprint density at radius 2 is 2.26 bits per heavy atom. The predicted molar refractivity (Wildman–Crippen MR) is 70.8 cm³/mol. The summed E-state index contributed by atoms with van der Waals surface area (Å²) in [5.74, 6) is 0.630. The second-order valence-electron chi connectivity index (χ2n) is 4.83. The first-order valence-corrected chi connectivity index (χ1v) is 8.43. The molecule has 23 heavy (non-hydrogen) atoms. The number of hydroxylamine groups is 2. The van der Waals surface area contributed by atoms with Crippen molar-refractivity contribution < 1.29 is 56.9 Å². The van der Waals surface area contributed by atoms with Gasteiger partial charge >= 0.3 is 35.6 Å². The molecular weight excluding hydrogens is 357 g/mol. The van der Waals surface area contributed by atoms with E-state index in [2.05, 4.69) is 14.3 Å². The van der Waals surface area contributed by atoms with Crippen LogP contribution in [0.1, 0.15) is 22.7 Å². The number of urea groups is 1. The monoisotopic (exact) mass is 366 g/mol. The van der Waals surface area contributed by atoms with Gasteiger partial charge in [0.05, 0.1) is 28.8 Å². The Morgan fingerprint density at radius 1 is 1.48 bits per heavy atom. The summed E-state index contributed by atoms with van der Waals surface area (Å²) in [4.78, 5) is 23.0. The average molecular weight is 366 g/mol. The molecule has 13 heteroatoms. The summed E-state index contributed by atoms with van der Waals surface area (Å²) in [6, 6.07) is -1.87. The minimum atomic E-state index is -5.04. The Balaban J connectivity index is 0.00000156. The number of hydrogen-bond donors (Lipinski definition) is 1. The number of aromatic nitrogens is 1. The maximum Gasteiger partial charge on any atom is 1.00 e. The molecule has 1 saturated heterocycles. The first-order valence-electron chi connectivity index (χ1n) is 6.22. The number of nitrogens with zero attached hydrogens (tertiary/aromatic N) is 4. The average Bonchev–Trinajstić information content (AvgIpc) is 3.15. The molecule has 0 radical (unpaired) electrons. The minimum absolute atomic E-state index is 0. The van der Waals surface area contributed by atoms with Gasteiger partial charge < -0.3 is 9.45 Å². The number of nitrogens with two attached hydrogens (primary N) is 1. The number of quaternary nitrogens is 1. The molecule has 3 aliphatic rings. The molecule has 1 aromatic heterocycles. The van der Waals surface area contributed by atoms with E-state index in [1.165, 1.54) is 16.2 Å². The third-order valence-electron chi connectivity index (χ3n) is 3.61. The van der Waals surface area contributed by atoms with Crippen molar-refractivity contribution in [3.63, 3.8) is 0 Å². The number of amidine groups is 1. The normalized spacial score (nSPS) is 25.4. The first-order chi connectivity index (χ1) is 10.5. The molecule has 1 unspecified atom stereocenters. The van der Waals surface area contributed by atoms with E-state index in [9.17, 15) is 17.8 Å². The zero-order chi connectivity index (χ0) is 15.5. The second kappa shape index (κ2) is 5.89. The number of fused-ring (bicyclic) bond motifs is 4. The molecule has 2 bridgehead atoms. The van der Waals surface area contributed by atoms with Crippen LogP contribution in [0.25, 0.3) is 0 Å². The van der Waals surface area contributed by atoms with Gasteiger partial charge in [-0.05, 0) is 0 Å². The molecule has 2 atom stereocenters. The minimum Gasteiger partial charge on any atom is -0.724 e. The van der Waals surface area contributed by atoms with Crippen molar-refractivity contribution in [2.75, 3.05) is 6.54 Å². The summed E-state index contributed by atoms with van der Waals surface area (Å²) in [5, 5.41) is 2.37. The van der Waals surface area contributed by atoms with Gasteiger partial charge in [0.15, 0.2) is 6.04 Å². The largest absolute Gasteiger partial charge is 1.00 e. The van der Waals surface area contributed by atoms with Crippen molar-refractivity contribution in [3.05, 3.63) is 28.5 Å². The second-order valence-corrected chi connectivity index (χ2v) is 6.68. The molecule has 4 rings (SSSR count). The Bertz CT molecular complexity index is 821. The van der Waals surface area contributed by atoms with E-state index >= 15 is 0 Å². The molecule has 0 saturated carbocycles. The molecule has 0 spiro atoms. The summed E-state index contributed by atoms with van der Waals surface area (Å²) in [6.45, 7) is 0.209. The van der Waals surface area contributed by atoms with E-state index in [0.29, 0.717) is 21.5 Å². The van der Waals surface area contributed by atoms with Crippen molar-refractivity contribution in [1.82, 2.24) is 14.9 Å². The van der Waals surface area contributed by atoms with Crippen LogP contribution in [0, 0.1) is 0 Å². The zero-order valence-corrected chi connectivity index (χ0v) is 15.5. The molecule has 4 heterocycles. The first kappa shape index (κ1) is 17.0. The number of thiazole rings is 1. The van der Waals surface area contributed by atoms with Crippen molar-refractivity contribution in [3.8, 4) is 0 Å². The van der Waals surface area contributed by atoms with Gasteiger partial charge in [-0.15, -0.1) is 11.3 Å². The smallest absolute Gasteiger partial charge is 0.724 e. The molecule has 2 amide bonds. The summed E-state index contributed by atoms with van der Waals surface area (Å²) in [5.41, 5.74) is 2.24. The van der Waals surface area contributed by atoms with Crippen molar-refractivity contribution >= 4 is 33.6 Å². The molecule has 116 valence electrons. The Hall–Kier alpha value is -0.860. The van der Waals surface area contributed by atoms with E-state index in [4.69, 9.17) is 0 Å². The zero-order valence-electron chi connectivity index (χ0n) is 11.8. The summed E-state index contributed by atoms with van der Waals surface area (Å²) >= 11 is 1.28. The fourth-order valence-electron chi connectivity index (χ4n) is 2.83. The Kier molecular flexibility index (Phi) is 4.35. The number of carbonyl (C=O) groups excluding carboxylic acids is 1. The van der Waals surface area contributed by atoms with Crippen molar-refractivity contribution in [1.29, 1.82) is 0 Å². The topological polar surface area (TPSA) is 132 Å². The Morgan fingerprint density at radius 3 is 2.91 bits per heavy atom. The molecule has 0 aromatic carbocycles. The quantitative estimate of drug-likeness (QED) is 0.328. The standard InChI is InChI=1S/C10H9N5O5S2.Na/c16-10-14-3-5(15(10)20-22(17,18)19)8-6(13-4-21-8)7(14)9-11-1-2-12-9;/h1-2,4-5,7H,3H2,(H,11,12)(H,17,18,19);/q;+1/t5?,7-;/m0./s1. The van der Waals surface area contributed by atoms with E-state index in [0.717, 1.165) is 0 Å². The summed E-state index contributed by atoms with van der Waals surface area (Å²) in [6.07, 6.45) is 3.34. The van der Waals surface area contributed by atoms with Gasteiger partial charge in [-0.2, -0.15) is 9.35 Å². The number of hydrogen-bond acceptors (Lipinski definition) is 8. The van der Waals surface area contributed by atoms with Gasteiger partial charge in [0, 0.05) is 0 Å². The fourth-order valence-corrected chi connectivity index (χ4v) is 4.08. The van der Waals surface area contributed by atoms with Crippen molar-refractivity contribution in [2.45, 2.75) is 12.1 Å². The third-order valence-corrected chi connectivity index (χ3v) is 4.90. The number of amides is 2. The van der Waals surface area contributed by atoms with Gasteiger partial charge in [0.2, 0.25) is 16.2 Å².